The van der Waals surface area contributed by atoms with Gasteiger partial charge in [0.15, 0.2) is 13.6 Å². The first-order valence-corrected chi connectivity index (χ1v) is 13.4. The van der Waals surface area contributed by atoms with Gasteiger partial charge in [-0.2, -0.15) is 13.2 Å². The first kappa shape index (κ1) is 23.8. The van der Waals surface area contributed by atoms with Gasteiger partial charge in [0.05, 0.1) is 4.90 Å². The van der Waals surface area contributed by atoms with Gasteiger partial charge in [-0.3, -0.25) is 0 Å². The van der Waals surface area contributed by atoms with E-state index in [0.717, 1.165) is 12.1 Å². The zero-order valence-electron chi connectivity index (χ0n) is 16.7. The van der Waals surface area contributed by atoms with E-state index in [1.54, 1.807) is 0 Å². The number of alkyl halides is 3. The lowest BCUT2D eigenvalue weighted by molar-refractivity contribution is -0.0328. The van der Waals surface area contributed by atoms with Gasteiger partial charge in [0.1, 0.15) is 17.3 Å². The summed E-state index contributed by atoms with van der Waals surface area (Å²) in [5.41, 5.74) is -4.65. The third-order valence-electron chi connectivity index (χ3n) is 3.81. The molecule has 0 amide bonds. The maximum absolute atomic E-state index is 14.3. The van der Waals surface area contributed by atoms with E-state index in [1.807, 2.05) is 0 Å². The molecule has 0 heterocycles. The van der Waals surface area contributed by atoms with Gasteiger partial charge >= 0.3 is 5.51 Å². The molecular formula is C19H24F4O4SSi. The second-order valence-corrected chi connectivity index (χ2v) is 14.2. The molecule has 0 unspecified atom stereocenters. The summed E-state index contributed by atoms with van der Waals surface area (Å²) < 4.78 is 74.5. The Morgan fingerprint density at radius 1 is 1.03 bits per heavy atom. The minimum absolute atomic E-state index is 0.0193. The molecule has 0 aliphatic rings. The molecule has 0 radical (unpaired) electrons. The third-order valence-corrected chi connectivity index (χ3v) is 6.35. The highest BCUT2D eigenvalue weighted by atomic mass is 32.2. The fraction of sp³-hybridized carbons (Fsp3) is 0.474. The molecule has 29 heavy (non-hydrogen) atoms. The Balaban J connectivity index is 2.35. The Hall–Kier alpha value is -1.49. The van der Waals surface area contributed by atoms with E-state index < -0.39 is 36.1 Å². The summed E-state index contributed by atoms with van der Waals surface area (Å²) in [5.74, 6) is -0.603. The van der Waals surface area contributed by atoms with E-state index in [4.69, 9.17) is 18.9 Å². The molecule has 0 bridgehead atoms. The van der Waals surface area contributed by atoms with Crippen molar-refractivity contribution in [1.29, 1.82) is 0 Å². The van der Waals surface area contributed by atoms with Crippen LogP contribution in [0.25, 0.3) is 10.8 Å². The maximum atomic E-state index is 14.3. The van der Waals surface area contributed by atoms with Crippen molar-refractivity contribution < 1.29 is 36.5 Å². The zero-order chi connectivity index (χ0) is 21.7. The lowest BCUT2D eigenvalue weighted by Crippen LogP contribution is -2.22. The van der Waals surface area contributed by atoms with Crippen molar-refractivity contribution >= 4 is 30.6 Å². The zero-order valence-corrected chi connectivity index (χ0v) is 18.5. The van der Waals surface area contributed by atoms with Crippen molar-refractivity contribution in [2.45, 2.75) is 36.1 Å². The third kappa shape index (κ3) is 7.69. The predicted octanol–water partition coefficient (Wildman–Crippen LogP) is 6.26. The number of ether oxygens (including phenoxy) is 4. The lowest BCUT2D eigenvalue weighted by Gasteiger charge is -2.18. The first-order valence-electron chi connectivity index (χ1n) is 8.84. The molecule has 2 rings (SSSR count). The molecule has 0 aliphatic carbocycles. The highest BCUT2D eigenvalue weighted by Gasteiger charge is 2.32. The monoisotopic (exact) mass is 452 g/mol. The molecule has 0 atom stereocenters. The van der Waals surface area contributed by atoms with Crippen LogP contribution >= 0.6 is 11.8 Å². The summed E-state index contributed by atoms with van der Waals surface area (Å²) >= 11 is -0.514. The van der Waals surface area contributed by atoms with Crippen molar-refractivity contribution in [2.75, 3.05) is 27.3 Å². The van der Waals surface area contributed by atoms with Crippen LogP contribution in [-0.2, 0) is 9.47 Å². The maximum Gasteiger partial charge on any atom is 0.446 e. The average Bonchev–Trinajstić information content (AvgIpc) is 2.60. The lowest BCUT2D eigenvalue weighted by atomic mass is 10.1. The van der Waals surface area contributed by atoms with E-state index in [9.17, 15) is 17.6 Å². The molecule has 162 valence electrons. The number of methoxy groups -OCH3 is 1. The smallest absolute Gasteiger partial charge is 0.446 e. The molecule has 0 N–H and O–H groups in total. The van der Waals surface area contributed by atoms with E-state index in [-0.39, 0.29) is 24.7 Å². The van der Waals surface area contributed by atoms with Crippen LogP contribution in [0.5, 0.6) is 11.5 Å². The van der Waals surface area contributed by atoms with Crippen LogP contribution in [0, 0.1) is 5.82 Å². The van der Waals surface area contributed by atoms with Crippen LogP contribution in [0.4, 0.5) is 17.6 Å². The molecular weight excluding hydrogens is 428 g/mol. The molecule has 0 aliphatic heterocycles. The number of hydrogen-bond acceptors (Lipinski definition) is 5. The second kappa shape index (κ2) is 10.0. The molecule has 0 spiro atoms. The molecule has 4 nitrogen and oxygen atoms in total. The fourth-order valence-electron chi connectivity index (χ4n) is 2.43. The number of rotatable bonds is 10. The van der Waals surface area contributed by atoms with Crippen LogP contribution in [0.1, 0.15) is 0 Å². The van der Waals surface area contributed by atoms with Crippen LogP contribution in [0.15, 0.2) is 29.2 Å². The average molecular weight is 453 g/mol. The van der Waals surface area contributed by atoms with Gasteiger partial charge in [-0.25, -0.2) is 4.39 Å². The Morgan fingerprint density at radius 3 is 2.38 bits per heavy atom. The van der Waals surface area contributed by atoms with E-state index in [0.29, 0.717) is 17.7 Å². The molecule has 2 aromatic carbocycles. The molecule has 0 fully saturated rings. The Morgan fingerprint density at radius 2 is 1.76 bits per heavy atom. The predicted molar refractivity (Wildman–Crippen MR) is 108 cm³/mol. The summed E-state index contributed by atoms with van der Waals surface area (Å²) in [5, 5.41) is 0.370. The van der Waals surface area contributed by atoms with Gasteiger partial charge in [0.2, 0.25) is 0 Å². The largest absolute Gasteiger partial charge is 0.467 e. The molecule has 2 aromatic rings. The van der Waals surface area contributed by atoms with Gasteiger partial charge in [-0.05, 0) is 35.3 Å². The highest BCUT2D eigenvalue weighted by Crippen LogP contribution is 2.45. The first-order chi connectivity index (χ1) is 13.5. The van der Waals surface area contributed by atoms with Crippen LogP contribution < -0.4 is 9.47 Å². The van der Waals surface area contributed by atoms with Gasteiger partial charge in [-0.15, -0.1) is 0 Å². The van der Waals surface area contributed by atoms with Crippen LogP contribution in [0.2, 0.25) is 25.7 Å². The number of fused-ring (bicyclic) bond motifs is 1. The molecule has 0 saturated carbocycles. The normalized spacial score (nSPS) is 12.4. The van der Waals surface area contributed by atoms with Gasteiger partial charge in [0.25, 0.3) is 0 Å². The molecule has 0 aromatic heterocycles. The van der Waals surface area contributed by atoms with Crippen molar-refractivity contribution in [3.63, 3.8) is 0 Å². The Labute approximate surface area is 172 Å². The number of thioether (sulfide) groups is 1. The minimum atomic E-state index is -4.65. The van der Waals surface area contributed by atoms with E-state index in [2.05, 4.69) is 19.6 Å². The number of halogens is 4. The van der Waals surface area contributed by atoms with Crippen molar-refractivity contribution in [2.24, 2.45) is 0 Å². The van der Waals surface area contributed by atoms with Crippen LogP contribution in [-0.4, -0.2) is 40.9 Å². The fourth-order valence-corrected chi connectivity index (χ4v) is 3.90. The SMILES string of the molecule is COCOc1cc(OCOCC[Si](C)(C)C)c2c(SC(F)(F)F)c(F)ccc2c1. The summed E-state index contributed by atoms with van der Waals surface area (Å²) in [6.45, 7) is 6.86. The summed E-state index contributed by atoms with van der Waals surface area (Å²) in [7, 11) is 0.153. The highest BCUT2D eigenvalue weighted by molar-refractivity contribution is 8.00. The van der Waals surface area contributed by atoms with Gasteiger partial charge < -0.3 is 18.9 Å². The number of hydrogen-bond donors (Lipinski definition) is 0. The van der Waals surface area contributed by atoms with Crippen molar-refractivity contribution in [3.05, 3.63) is 30.1 Å². The standard InChI is InChI=1S/C19H24F4O4SSi/c1-24-11-26-14-9-13-5-6-15(20)18(28-19(21,22)23)17(13)16(10-14)27-12-25-7-8-29(2,3)4/h5-6,9-10H,7-8,11-12H2,1-4H3. The summed E-state index contributed by atoms with van der Waals surface area (Å²) in [6.07, 6.45) is 0. The minimum Gasteiger partial charge on any atom is -0.467 e. The summed E-state index contributed by atoms with van der Waals surface area (Å²) in [4.78, 5) is -0.551. The Kier molecular flexibility index (Phi) is 8.21. The second-order valence-electron chi connectivity index (χ2n) is 7.48. The van der Waals surface area contributed by atoms with Crippen molar-refractivity contribution in [3.8, 4) is 11.5 Å². The number of benzene rings is 2. The topological polar surface area (TPSA) is 36.9 Å². The van der Waals surface area contributed by atoms with E-state index in [1.165, 1.54) is 25.3 Å². The summed E-state index contributed by atoms with van der Waals surface area (Å²) in [6, 6.07) is 6.20. The van der Waals surface area contributed by atoms with Crippen molar-refractivity contribution in [1.82, 2.24) is 0 Å². The Bertz CT molecular complexity index is 824. The van der Waals surface area contributed by atoms with Gasteiger partial charge in [-0.1, -0.05) is 25.7 Å². The molecule has 0 saturated heterocycles. The van der Waals surface area contributed by atoms with E-state index >= 15 is 0 Å². The quantitative estimate of drug-likeness (QED) is 0.140. The molecule has 10 heteroatoms. The van der Waals surface area contributed by atoms with Crippen LogP contribution in [0.3, 0.4) is 0 Å². The van der Waals surface area contributed by atoms with Gasteiger partial charge in [0, 0.05) is 33.2 Å².